The van der Waals surface area contributed by atoms with Crippen molar-refractivity contribution in [1.82, 2.24) is 10.2 Å². The Morgan fingerprint density at radius 2 is 2.00 bits per heavy atom. The van der Waals surface area contributed by atoms with Gasteiger partial charge in [-0.15, -0.1) is 0 Å². The maximum atomic E-state index is 13.0. The smallest absolute Gasteiger partial charge is 0.231 e. The van der Waals surface area contributed by atoms with Crippen molar-refractivity contribution >= 4 is 17.8 Å². The summed E-state index contributed by atoms with van der Waals surface area (Å²) in [6, 6.07) is 7.63. The second-order valence-electron chi connectivity index (χ2n) is 10.1. The number of carbonyl (C=O) groups is 2. The number of fused-ring (bicyclic) bond motifs is 1. The molecule has 0 unspecified atom stereocenters. The molecular formula is C23H32N4O3. The molecule has 1 aliphatic carbocycles. The molecule has 2 heterocycles. The lowest BCUT2D eigenvalue weighted by molar-refractivity contribution is -0.132. The Hall–Kier alpha value is -2.57. The Bertz CT molecular complexity index is 907. The molecule has 162 valence electrons. The minimum absolute atomic E-state index is 0.0221. The van der Waals surface area contributed by atoms with Gasteiger partial charge in [0.1, 0.15) is 11.4 Å². The van der Waals surface area contributed by atoms with Crippen molar-refractivity contribution in [3.05, 3.63) is 29.8 Å². The molecule has 7 nitrogen and oxygen atoms in total. The molecule has 0 spiro atoms. The van der Waals surface area contributed by atoms with Gasteiger partial charge in [0.25, 0.3) is 0 Å². The summed E-state index contributed by atoms with van der Waals surface area (Å²) < 4.78 is 6.06. The van der Waals surface area contributed by atoms with Crippen LogP contribution in [0.2, 0.25) is 0 Å². The average molecular weight is 413 g/mol. The van der Waals surface area contributed by atoms with E-state index in [9.17, 15) is 9.59 Å². The number of nitrogens with two attached hydrogens (primary N) is 1. The summed E-state index contributed by atoms with van der Waals surface area (Å²) in [7, 11) is 0. The zero-order chi connectivity index (χ0) is 21.8. The number of nitrogens with one attached hydrogen (secondary N) is 1. The lowest BCUT2D eigenvalue weighted by atomic mass is 9.89. The lowest BCUT2D eigenvalue weighted by Gasteiger charge is -2.38. The molecule has 0 saturated heterocycles. The van der Waals surface area contributed by atoms with E-state index in [1.807, 2.05) is 58.9 Å². The zero-order valence-electron chi connectivity index (χ0n) is 18.4. The molecule has 0 radical (unpaired) electrons. The van der Waals surface area contributed by atoms with Crippen molar-refractivity contribution in [3.63, 3.8) is 0 Å². The van der Waals surface area contributed by atoms with Gasteiger partial charge in [-0.3, -0.25) is 14.5 Å². The highest BCUT2D eigenvalue weighted by Crippen LogP contribution is 2.45. The van der Waals surface area contributed by atoms with Crippen molar-refractivity contribution < 1.29 is 14.3 Å². The van der Waals surface area contributed by atoms with Crippen LogP contribution in [0.1, 0.15) is 65.5 Å². The summed E-state index contributed by atoms with van der Waals surface area (Å²) in [4.78, 5) is 31.7. The van der Waals surface area contributed by atoms with Gasteiger partial charge in [-0.2, -0.15) is 0 Å². The number of amides is 2. The molecule has 3 N–H and O–H groups in total. The maximum Gasteiger partial charge on any atom is 0.231 e. The Balaban J connectivity index is 1.44. The van der Waals surface area contributed by atoms with Crippen LogP contribution in [-0.4, -0.2) is 39.9 Å². The van der Waals surface area contributed by atoms with Gasteiger partial charge in [0.2, 0.25) is 11.8 Å². The molecule has 1 fully saturated rings. The van der Waals surface area contributed by atoms with Crippen LogP contribution in [0, 0.1) is 11.8 Å². The van der Waals surface area contributed by atoms with Crippen LogP contribution in [-0.2, 0) is 9.59 Å². The van der Waals surface area contributed by atoms with E-state index in [-0.39, 0.29) is 47.3 Å². The number of carbonyl (C=O) groups excluding carboxylic acids is 2. The molecule has 2 amide bonds. The first kappa shape index (κ1) is 20.7. The maximum absolute atomic E-state index is 13.0. The summed E-state index contributed by atoms with van der Waals surface area (Å²) in [6.45, 7) is 9.84. The fourth-order valence-electron chi connectivity index (χ4n) is 4.87. The van der Waals surface area contributed by atoms with Crippen LogP contribution in [0.15, 0.2) is 29.3 Å². The molecule has 1 aromatic carbocycles. The number of para-hydroxylation sites is 1. The van der Waals surface area contributed by atoms with Crippen molar-refractivity contribution in [2.45, 2.75) is 77.1 Å². The van der Waals surface area contributed by atoms with Gasteiger partial charge in [-0.1, -0.05) is 18.2 Å². The van der Waals surface area contributed by atoms with Crippen molar-refractivity contribution in [1.29, 1.82) is 0 Å². The van der Waals surface area contributed by atoms with E-state index in [0.29, 0.717) is 12.8 Å². The second kappa shape index (κ2) is 7.00. The molecule has 4 atom stereocenters. The highest BCUT2D eigenvalue weighted by atomic mass is 16.5. The number of hydrogen-bond acceptors (Lipinski definition) is 5. The normalized spacial score (nSPS) is 29.9. The number of benzene rings is 1. The third-order valence-corrected chi connectivity index (χ3v) is 6.41. The van der Waals surface area contributed by atoms with Crippen LogP contribution >= 0.6 is 0 Å². The van der Waals surface area contributed by atoms with Crippen LogP contribution in [0.3, 0.4) is 0 Å². The van der Waals surface area contributed by atoms with Crippen molar-refractivity contribution in [2.75, 3.05) is 0 Å². The molecule has 4 rings (SSSR count). The summed E-state index contributed by atoms with van der Waals surface area (Å²) in [6.07, 6.45) is 1.79. The van der Waals surface area contributed by atoms with E-state index in [4.69, 9.17) is 10.5 Å². The fourth-order valence-corrected chi connectivity index (χ4v) is 4.87. The molecule has 30 heavy (non-hydrogen) atoms. The zero-order valence-corrected chi connectivity index (χ0v) is 18.4. The summed E-state index contributed by atoms with van der Waals surface area (Å²) in [5.41, 5.74) is 6.30. The fraction of sp³-hybridized carbons (Fsp3) is 0.609. The van der Waals surface area contributed by atoms with Gasteiger partial charge in [-0.25, -0.2) is 4.99 Å². The van der Waals surface area contributed by atoms with Crippen LogP contribution in [0.5, 0.6) is 5.75 Å². The predicted octanol–water partition coefficient (Wildman–Crippen LogP) is 2.76. The van der Waals surface area contributed by atoms with E-state index in [2.05, 4.69) is 10.3 Å². The standard InChI is InChI=1S/C23H32N4O3/c1-13(27-19(28)12-22(2,3)26-21(27)24)15-10-16(15)20(29)25-17-11-23(4,5)30-18-9-7-6-8-14(17)18/h6-9,13,15-17H,10-12H2,1-5H3,(H2,24,26)(H,25,29)/t13-,15+,16-,17+/m1/s1. The second-order valence-corrected chi connectivity index (χ2v) is 10.1. The molecule has 3 aliphatic rings. The Labute approximate surface area is 178 Å². The van der Waals surface area contributed by atoms with Gasteiger partial charge in [-0.05, 0) is 53.0 Å². The monoisotopic (exact) mass is 412 g/mol. The van der Waals surface area contributed by atoms with Gasteiger partial charge in [0, 0.05) is 23.9 Å². The largest absolute Gasteiger partial charge is 0.487 e. The van der Waals surface area contributed by atoms with Gasteiger partial charge in [0.15, 0.2) is 5.96 Å². The van der Waals surface area contributed by atoms with Gasteiger partial charge >= 0.3 is 0 Å². The molecule has 1 aromatic rings. The third kappa shape index (κ3) is 3.89. The summed E-state index contributed by atoms with van der Waals surface area (Å²) in [5, 5.41) is 3.23. The van der Waals surface area contributed by atoms with Gasteiger partial charge in [0.05, 0.1) is 18.0 Å². The van der Waals surface area contributed by atoms with E-state index in [1.165, 1.54) is 0 Å². The number of hydrogen-bond donors (Lipinski definition) is 2. The van der Waals surface area contributed by atoms with Crippen LogP contribution in [0.25, 0.3) is 0 Å². The van der Waals surface area contributed by atoms with E-state index in [1.54, 1.807) is 4.90 Å². The van der Waals surface area contributed by atoms with Crippen molar-refractivity contribution in [3.8, 4) is 5.75 Å². The number of rotatable bonds is 4. The van der Waals surface area contributed by atoms with E-state index < -0.39 is 5.54 Å². The minimum atomic E-state index is -0.471. The first-order chi connectivity index (χ1) is 14.0. The number of nitrogens with zero attached hydrogens (tertiary/aromatic N) is 2. The third-order valence-electron chi connectivity index (χ3n) is 6.41. The highest BCUT2D eigenvalue weighted by molar-refractivity contribution is 5.99. The SMILES string of the molecule is C[C@H]([C@@H]1C[C@H]1C(=O)N[C@H]1CC(C)(C)Oc2ccccc21)N1C(=O)CC(C)(C)N=C1N. The molecule has 0 aromatic heterocycles. The summed E-state index contributed by atoms with van der Waals surface area (Å²) >= 11 is 0. The summed E-state index contributed by atoms with van der Waals surface area (Å²) in [5.74, 6) is 1.07. The minimum Gasteiger partial charge on any atom is -0.487 e. The van der Waals surface area contributed by atoms with E-state index in [0.717, 1.165) is 17.7 Å². The Morgan fingerprint density at radius 1 is 1.30 bits per heavy atom. The van der Waals surface area contributed by atoms with Crippen LogP contribution in [0.4, 0.5) is 0 Å². The Morgan fingerprint density at radius 3 is 2.70 bits per heavy atom. The lowest BCUT2D eigenvalue weighted by Crippen LogP contribution is -2.54. The Kier molecular flexibility index (Phi) is 4.83. The molecular weight excluding hydrogens is 380 g/mol. The first-order valence-corrected chi connectivity index (χ1v) is 10.7. The number of ether oxygens (including phenoxy) is 1. The molecule has 1 saturated carbocycles. The molecule has 0 bridgehead atoms. The number of guanidine groups is 1. The first-order valence-electron chi connectivity index (χ1n) is 10.7. The van der Waals surface area contributed by atoms with E-state index >= 15 is 0 Å². The quantitative estimate of drug-likeness (QED) is 0.795. The topological polar surface area (TPSA) is 97.0 Å². The number of aliphatic imine (C=N–C) groups is 1. The van der Waals surface area contributed by atoms with Crippen LogP contribution < -0.4 is 15.8 Å². The predicted molar refractivity (Wildman–Crippen MR) is 115 cm³/mol. The van der Waals surface area contributed by atoms with Crippen molar-refractivity contribution in [2.24, 2.45) is 22.6 Å². The molecule has 2 aliphatic heterocycles. The molecule has 7 heteroatoms. The highest BCUT2D eigenvalue weighted by Gasteiger charge is 2.51. The average Bonchev–Trinajstić information content (AvgIpc) is 3.39. The van der Waals surface area contributed by atoms with Gasteiger partial charge < -0.3 is 15.8 Å².